The van der Waals surface area contributed by atoms with Gasteiger partial charge in [0.05, 0.1) is 0 Å². The van der Waals surface area contributed by atoms with E-state index in [0.29, 0.717) is 0 Å². The molecule has 0 saturated heterocycles. The number of rotatable bonds is 2. The lowest BCUT2D eigenvalue weighted by molar-refractivity contribution is 0.739. The predicted octanol–water partition coefficient (Wildman–Crippen LogP) is 3.13. The Kier molecular flexibility index (Phi) is 2.85. The summed E-state index contributed by atoms with van der Waals surface area (Å²) in [6, 6.07) is 6.66. The Labute approximate surface area is 98.0 Å². The van der Waals surface area contributed by atoms with Crippen LogP contribution in [0.2, 0.25) is 0 Å². The molecule has 0 saturated carbocycles. The highest BCUT2D eigenvalue weighted by atomic mass is 79.9. The molecule has 0 bridgehead atoms. The number of H-pyrrole nitrogens is 1. The number of aromatic amines is 1. The van der Waals surface area contributed by atoms with Crippen LogP contribution in [0.4, 0.5) is 0 Å². The molecule has 0 amide bonds. The van der Waals surface area contributed by atoms with Crippen LogP contribution < -0.4 is 5.73 Å². The zero-order valence-electron chi connectivity index (χ0n) is 8.97. The topological polar surface area (TPSA) is 41.8 Å². The Balaban J connectivity index is 2.49. The number of nitrogens with one attached hydrogen (secondary N) is 1. The standard InChI is InChI=1S/C12H15BrN2/c1-7(14)5-9-3-4-11-10(6-9)12(13)8(2)15-11/h3-4,6-7,15H,5,14H2,1-2H3. The van der Waals surface area contributed by atoms with Gasteiger partial charge < -0.3 is 10.7 Å². The average molecular weight is 267 g/mol. The summed E-state index contributed by atoms with van der Waals surface area (Å²) in [5.41, 5.74) is 9.42. The smallest absolute Gasteiger partial charge is 0.0467 e. The fourth-order valence-corrected chi connectivity index (χ4v) is 2.27. The van der Waals surface area contributed by atoms with Crippen molar-refractivity contribution in [3.63, 3.8) is 0 Å². The van der Waals surface area contributed by atoms with Crippen LogP contribution in [0.25, 0.3) is 10.9 Å². The van der Waals surface area contributed by atoms with Gasteiger partial charge in [-0.2, -0.15) is 0 Å². The van der Waals surface area contributed by atoms with Crippen LogP contribution in [0.5, 0.6) is 0 Å². The maximum absolute atomic E-state index is 5.79. The number of nitrogens with two attached hydrogens (primary N) is 1. The highest BCUT2D eigenvalue weighted by Crippen LogP contribution is 2.28. The Hall–Kier alpha value is -0.800. The van der Waals surface area contributed by atoms with Gasteiger partial charge in [0.2, 0.25) is 0 Å². The Bertz CT molecular complexity index is 486. The molecule has 0 aliphatic rings. The molecule has 0 spiro atoms. The van der Waals surface area contributed by atoms with Gasteiger partial charge in [0.25, 0.3) is 0 Å². The van der Waals surface area contributed by atoms with Gasteiger partial charge in [-0.1, -0.05) is 6.07 Å². The van der Waals surface area contributed by atoms with E-state index in [1.165, 1.54) is 22.2 Å². The molecule has 0 radical (unpaired) electrons. The molecule has 1 heterocycles. The molecule has 1 unspecified atom stereocenters. The number of fused-ring (bicyclic) bond motifs is 1. The van der Waals surface area contributed by atoms with Gasteiger partial charge in [0, 0.05) is 27.1 Å². The third-order valence-electron chi connectivity index (χ3n) is 2.53. The first-order chi connectivity index (χ1) is 7.08. The molecule has 2 nitrogen and oxygen atoms in total. The summed E-state index contributed by atoms with van der Waals surface area (Å²) in [5.74, 6) is 0. The van der Waals surface area contributed by atoms with Crippen LogP contribution in [0.15, 0.2) is 22.7 Å². The van der Waals surface area contributed by atoms with E-state index in [2.05, 4.69) is 46.0 Å². The van der Waals surface area contributed by atoms with Crippen molar-refractivity contribution in [2.75, 3.05) is 0 Å². The maximum Gasteiger partial charge on any atom is 0.0467 e. The second-order valence-electron chi connectivity index (χ2n) is 4.13. The molecule has 15 heavy (non-hydrogen) atoms. The van der Waals surface area contributed by atoms with Gasteiger partial charge in [-0.15, -0.1) is 0 Å². The lowest BCUT2D eigenvalue weighted by atomic mass is 10.1. The van der Waals surface area contributed by atoms with Crippen molar-refractivity contribution in [1.82, 2.24) is 4.98 Å². The SMILES string of the molecule is Cc1[nH]c2ccc(CC(C)N)cc2c1Br. The minimum absolute atomic E-state index is 0.210. The van der Waals surface area contributed by atoms with E-state index in [-0.39, 0.29) is 6.04 Å². The van der Waals surface area contributed by atoms with Crippen LogP contribution in [-0.4, -0.2) is 11.0 Å². The first-order valence-corrected chi connectivity index (χ1v) is 5.89. The minimum Gasteiger partial charge on any atom is -0.358 e. The molecule has 3 heteroatoms. The molecule has 2 aromatic rings. The Morgan fingerprint density at radius 2 is 2.20 bits per heavy atom. The molecular weight excluding hydrogens is 252 g/mol. The summed E-state index contributed by atoms with van der Waals surface area (Å²) in [6.07, 6.45) is 0.923. The highest BCUT2D eigenvalue weighted by molar-refractivity contribution is 9.10. The average Bonchev–Trinajstić information content (AvgIpc) is 2.43. The fraction of sp³-hybridized carbons (Fsp3) is 0.333. The van der Waals surface area contributed by atoms with Crippen molar-refractivity contribution in [2.24, 2.45) is 5.73 Å². The molecular formula is C12H15BrN2. The lowest BCUT2D eigenvalue weighted by Gasteiger charge is -2.04. The summed E-state index contributed by atoms with van der Waals surface area (Å²) < 4.78 is 1.16. The quantitative estimate of drug-likeness (QED) is 0.862. The minimum atomic E-state index is 0.210. The third kappa shape index (κ3) is 2.08. The van der Waals surface area contributed by atoms with Crippen molar-refractivity contribution >= 4 is 26.8 Å². The van der Waals surface area contributed by atoms with E-state index in [0.717, 1.165) is 10.9 Å². The van der Waals surface area contributed by atoms with E-state index in [9.17, 15) is 0 Å². The number of hydrogen-bond donors (Lipinski definition) is 2. The number of hydrogen-bond acceptors (Lipinski definition) is 1. The van der Waals surface area contributed by atoms with Crippen LogP contribution in [-0.2, 0) is 6.42 Å². The fourth-order valence-electron chi connectivity index (χ4n) is 1.84. The van der Waals surface area contributed by atoms with E-state index in [1.54, 1.807) is 0 Å². The van der Waals surface area contributed by atoms with Gasteiger partial charge in [0.1, 0.15) is 0 Å². The number of halogens is 1. The summed E-state index contributed by atoms with van der Waals surface area (Å²) in [5, 5.41) is 1.24. The molecule has 1 aromatic carbocycles. The van der Waals surface area contributed by atoms with Crippen LogP contribution in [0, 0.1) is 6.92 Å². The van der Waals surface area contributed by atoms with Crippen molar-refractivity contribution in [1.29, 1.82) is 0 Å². The van der Waals surface area contributed by atoms with Gasteiger partial charge >= 0.3 is 0 Å². The number of benzene rings is 1. The zero-order valence-corrected chi connectivity index (χ0v) is 10.6. The summed E-state index contributed by atoms with van der Waals surface area (Å²) in [6.45, 7) is 4.09. The van der Waals surface area contributed by atoms with E-state index < -0.39 is 0 Å². The van der Waals surface area contributed by atoms with Crippen molar-refractivity contribution < 1.29 is 0 Å². The molecule has 3 N–H and O–H groups in total. The van der Waals surface area contributed by atoms with Gasteiger partial charge in [-0.05, 0) is 53.9 Å². The van der Waals surface area contributed by atoms with E-state index >= 15 is 0 Å². The second kappa shape index (κ2) is 3.99. The lowest BCUT2D eigenvalue weighted by Crippen LogP contribution is -2.17. The van der Waals surface area contributed by atoms with Crippen molar-refractivity contribution in [3.05, 3.63) is 33.9 Å². The summed E-state index contributed by atoms with van der Waals surface area (Å²) >= 11 is 3.59. The molecule has 1 aromatic heterocycles. The van der Waals surface area contributed by atoms with Crippen molar-refractivity contribution in [2.45, 2.75) is 26.3 Å². The van der Waals surface area contributed by atoms with Gasteiger partial charge in [0.15, 0.2) is 0 Å². The Morgan fingerprint density at radius 3 is 2.87 bits per heavy atom. The number of aromatic nitrogens is 1. The summed E-state index contributed by atoms with van der Waals surface area (Å²) in [7, 11) is 0. The van der Waals surface area contributed by atoms with Crippen LogP contribution in [0.3, 0.4) is 0 Å². The molecule has 80 valence electrons. The van der Waals surface area contributed by atoms with E-state index in [4.69, 9.17) is 5.73 Å². The molecule has 0 aliphatic heterocycles. The first-order valence-electron chi connectivity index (χ1n) is 5.10. The van der Waals surface area contributed by atoms with E-state index in [1.807, 2.05) is 6.92 Å². The van der Waals surface area contributed by atoms with Gasteiger partial charge in [-0.25, -0.2) is 0 Å². The molecule has 1 atom stereocenters. The third-order valence-corrected chi connectivity index (χ3v) is 3.55. The van der Waals surface area contributed by atoms with Crippen LogP contribution in [0.1, 0.15) is 18.2 Å². The van der Waals surface area contributed by atoms with Crippen LogP contribution >= 0.6 is 15.9 Å². The Morgan fingerprint density at radius 1 is 1.47 bits per heavy atom. The molecule has 0 aliphatic carbocycles. The van der Waals surface area contributed by atoms with Gasteiger partial charge in [-0.3, -0.25) is 0 Å². The highest BCUT2D eigenvalue weighted by Gasteiger charge is 2.06. The monoisotopic (exact) mass is 266 g/mol. The second-order valence-corrected chi connectivity index (χ2v) is 4.92. The normalized spacial score (nSPS) is 13.3. The van der Waals surface area contributed by atoms with Crippen molar-refractivity contribution in [3.8, 4) is 0 Å². The molecule has 2 rings (SSSR count). The summed E-state index contributed by atoms with van der Waals surface area (Å²) in [4.78, 5) is 3.33. The molecule has 0 fully saturated rings. The first kappa shape index (κ1) is 10.7. The largest absolute Gasteiger partial charge is 0.358 e. The maximum atomic E-state index is 5.79. The zero-order chi connectivity index (χ0) is 11.0. The predicted molar refractivity (Wildman–Crippen MR) is 68.1 cm³/mol. The number of aryl methyl sites for hydroxylation is 1.